The van der Waals surface area contributed by atoms with Crippen LogP contribution in [0.15, 0.2) is 78.5 Å². The molecular weight excluding hydrogens is 502 g/mol. The molecule has 1 aliphatic rings. The first-order chi connectivity index (χ1) is 18.4. The molecule has 0 aliphatic heterocycles. The SMILES string of the molecule is Cn1cnc(S(=O)(=O)Nc2cccc(COc3cccc(-c4nc(C5CCC5)n5ccnc(N)c45)c3)c2)c1. The summed E-state index contributed by atoms with van der Waals surface area (Å²) in [7, 11) is -2.07. The van der Waals surface area contributed by atoms with E-state index in [1.807, 2.05) is 36.5 Å². The molecule has 1 fully saturated rings. The number of imidazole rings is 2. The highest BCUT2D eigenvalue weighted by Gasteiger charge is 2.27. The van der Waals surface area contributed by atoms with Gasteiger partial charge in [0.15, 0.2) is 5.03 Å². The maximum atomic E-state index is 12.6. The van der Waals surface area contributed by atoms with Crippen LogP contribution in [0.2, 0.25) is 0 Å². The maximum absolute atomic E-state index is 12.6. The Hall–Kier alpha value is -4.38. The van der Waals surface area contributed by atoms with Crippen molar-refractivity contribution in [3.8, 4) is 17.0 Å². The Morgan fingerprint density at radius 1 is 1.13 bits per heavy atom. The van der Waals surface area contributed by atoms with E-state index in [1.165, 1.54) is 18.9 Å². The molecule has 0 radical (unpaired) electrons. The Morgan fingerprint density at radius 3 is 2.74 bits per heavy atom. The number of benzene rings is 2. The third kappa shape index (κ3) is 4.56. The number of aromatic nitrogens is 5. The standard InChI is InChI=1S/C27H27N7O3S/c1-33-15-23(30-17-33)38(35,36)32-21-9-2-5-18(13-21)16-37-22-10-4-8-20(14-22)24-25-26(28)29-11-12-34(25)27(31-24)19-6-3-7-19/h2,4-5,8-15,17,19,32H,3,6-7,16H2,1H3,(H2,28,29). The molecule has 0 unspecified atom stereocenters. The summed E-state index contributed by atoms with van der Waals surface area (Å²) >= 11 is 0. The van der Waals surface area contributed by atoms with Crippen molar-refractivity contribution >= 4 is 27.0 Å². The van der Waals surface area contributed by atoms with Crippen LogP contribution in [0.1, 0.15) is 36.6 Å². The van der Waals surface area contributed by atoms with Gasteiger partial charge in [0, 0.05) is 42.8 Å². The molecule has 0 atom stereocenters. The van der Waals surface area contributed by atoms with Gasteiger partial charge in [0.05, 0.1) is 6.33 Å². The normalized spacial score (nSPS) is 13.9. The molecule has 194 valence electrons. The van der Waals surface area contributed by atoms with E-state index in [2.05, 4.69) is 19.1 Å². The summed E-state index contributed by atoms with van der Waals surface area (Å²) < 4.78 is 37.5. The summed E-state index contributed by atoms with van der Waals surface area (Å²) in [6, 6.07) is 14.8. The van der Waals surface area contributed by atoms with Gasteiger partial charge in [-0.05, 0) is 42.7 Å². The van der Waals surface area contributed by atoms with Crippen molar-refractivity contribution in [1.29, 1.82) is 0 Å². The lowest BCUT2D eigenvalue weighted by Crippen LogP contribution is -2.13. The lowest BCUT2D eigenvalue weighted by Gasteiger charge is -2.23. The van der Waals surface area contributed by atoms with Crippen molar-refractivity contribution in [2.24, 2.45) is 7.05 Å². The van der Waals surface area contributed by atoms with Crippen molar-refractivity contribution in [2.45, 2.75) is 36.8 Å². The Bertz CT molecular complexity index is 1740. The number of sulfonamides is 1. The second-order valence-electron chi connectivity index (χ2n) is 9.48. The fourth-order valence-electron chi connectivity index (χ4n) is 4.60. The number of hydrogen-bond donors (Lipinski definition) is 2. The zero-order valence-electron chi connectivity index (χ0n) is 20.8. The van der Waals surface area contributed by atoms with Crippen LogP contribution in [0.3, 0.4) is 0 Å². The molecule has 0 bridgehead atoms. The Morgan fingerprint density at radius 2 is 1.97 bits per heavy atom. The molecule has 3 N–H and O–H groups in total. The third-order valence-corrected chi connectivity index (χ3v) is 8.00. The molecule has 10 nitrogen and oxygen atoms in total. The minimum atomic E-state index is -3.78. The van der Waals surface area contributed by atoms with Gasteiger partial charge in [-0.2, -0.15) is 8.42 Å². The summed E-state index contributed by atoms with van der Waals surface area (Å²) in [5, 5.41) is -0.0402. The number of ether oxygens (including phenoxy) is 1. The van der Waals surface area contributed by atoms with E-state index >= 15 is 0 Å². The number of aryl methyl sites for hydroxylation is 1. The van der Waals surface area contributed by atoms with Crippen molar-refractivity contribution in [3.63, 3.8) is 0 Å². The molecule has 2 aromatic carbocycles. The Kier molecular flexibility index (Phi) is 5.99. The van der Waals surface area contributed by atoms with Gasteiger partial charge in [-0.15, -0.1) is 0 Å². The second-order valence-corrected chi connectivity index (χ2v) is 11.1. The summed E-state index contributed by atoms with van der Waals surface area (Å²) in [5.41, 5.74) is 10.0. The molecule has 11 heteroatoms. The van der Waals surface area contributed by atoms with Crippen LogP contribution in [0.25, 0.3) is 16.8 Å². The largest absolute Gasteiger partial charge is 0.489 e. The first-order valence-electron chi connectivity index (χ1n) is 12.3. The van der Waals surface area contributed by atoms with Gasteiger partial charge in [0.2, 0.25) is 0 Å². The fourth-order valence-corrected chi connectivity index (χ4v) is 5.64. The molecule has 1 saturated carbocycles. The topological polar surface area (TPSA) is 129 Å². The highest BCUT2D eigenvalue weighted by molar-refractivity contribution is 7.92. The molecular formula is C27H27N7O3S. The molecule has 5 aromatic rings. The summed E-state index contributed by atoms with van der Waals surface area (Å²) in [5.74, 6) is 2.55. The number of hydrogen-bond acceptors (Lipinski definition) is 7. The fraction of sp³-hybridized carbons (Fsp3) is 0.222. The smallest absolute Gasteiger partial charge is 0.280 e. The van der Waals surface area contributed by atoms with E-state index in [0.717, 1.165) is 41.0 Å². The van der Waals surface area contributed by atoms with Gasteiger partial charge in [-0.25, -0.2) is 15.0 Å². The van der Waals surface area contributed by atoms with E-state index < -0.39 is 10.0 Å². The molecule has 6 rings (SSSR count). The van der Waals surface area contributed by atoms with E-state index in [0.29, 0.717) is 23.2 Å². The average Bonchev–Trinajstić information content (AvgIpc) is 3.48. The van der Waals surface area contributed by atoms with Crippen LogP contribution in [-0.2, 0) is 23.7 Å². The van der Waals surface area contributed by atoms with Crippen LogP contribution in [0, 0.1) is 0 Å². The predicted octanol–water partition coefficient (Wildman–Crippen LogP) is 4.36. The van der Waals surface area contributed by atoms with E-state index in [4.69, 9.17) is 15.5 Å². The minimum absolute atomic E-state index is 0.0402. The van der Waals surface area contributed by atoms with Crippen molar-refractivity contribution < 1.29 is 13.2 Å². The van der Waals surface area contributed by atoms with Crippen molar-refractivity contribution in [2.75, 3.05) is 10.5 Å². The number of nitrogens with zero attached hydrogens (tertiary/aromatic N) is 5. The van der Waals surface area contributed by atoms with Gasteiger partial charge < -0.3 is 15.0 Å². The molecule has 0 amide bonds. The van der Waals surface area contributed by atoms with E-state index in [9.17, 15) is 8.42 Å². The van der Waals surface area contributed by atoms with Crippen LogP contribution < -0.4 is 15.2 Å². The van der Waals surface area contributed by atoms with Gasteiger partial charge in [0.1, 0.15) is 35.2 Å². The zero-order chi connectivity index (χ0) is 26.3. The Balaban J connectivity index is 1.22. The van der Waals surface area contributed by atoms with Gasteiger partial charge in [0.25, 0.3) is 10.0 Å². The molecule has 38 heavy (non-hydrogen) atoms. The van der Waals surface area contributed by atoms with Crippen molar-refractivity contribution in [1.82, 2.24) is 23.9 Å². The first kappa shape index (κ1) is 24.0. The summed E-state index contributed by atoms with van der Waals surface area (Å²) in [6.07, 6.45) is 9.99. The minimum Gasteiger partial charge on any atom is -0.489 e. The highest BCUT2D eigenvalue weighted by atomic mass is 32.2. The number of nitrogens with one attached hydrogen (secondary N) is 1. The van der Waals surface area contributed by atoms with E-state index in [1.54, 1.807) is 36.0 Å². The van der Waals surface area contributed by atoms with Crippen LogP contribution in [0.4, 0.5) is 11.5 Å². The zero-order valence-corrected chi connectivity index (χ0v) is 21.6. The number of nitrogen functional groups attached to an aromatic ring is 1. The number of nitrogens with two attached hydrogens (primary N) is 1. The van der Waals surface area contributed by atoms with Crippen LogP contribution in [0.5, 0.6) is 5.75 Å². The Labute approximate surface area is 220 Å². The number of rotatable bonds is 8. The molecule has 0 saturated heterocycles. The average molecular weight is 530 g/mol. The second kappa shape index (κ2) is 9.49. The summed E-state index contributed by atoms with van der Waals surface area (Å²) in [6.45, 7) is 0.254. The quantitative estimate of drug-likeness (QED) is 0.305. The van der Waals surface area contributed by atoms with Gasteiger partial charge in [-0.3, -0.25) is 9.12 Å². The summed E-state index contributed by atoms with van der Waals surface area (Å²) in [4.78, 5) is 13.2. The maximum Gasteiger partial charge on any atom is 0.280 e. The monoisotopic (exact) mass is 529 g/mol. The molecule has 0 spiro atoms. The number of anilines is 2. The van der Waals surface area contributed by atoms with Gasteiger partial charge in [-0.1, -0.05) is 30.7 Å². The molecule has 3 aromatic heterocycles. The highest BCUT2D eigenvalue weighted by Crippen LogP contribution is 2.39. The van der Waals surface area contributed by atoms with Crippen molar-refractivity contribution in [3.05, 3.63) is 84.8 Å². The molecule has 3 heterocycles. The first-order valence-corrected chi connectivity index (χ1v) is 13.8. The van der Waals surface area contributed by atoms with Crippen LogP contribution >= 0.6 is 0 Å². The third-order valence-electron chi connectivity index (χ3n) is 6.73. The lowest BCUT2D eigenvalue weighted by molar-refractivity contribution is 0.306. The van der Waals surface area contributed by atoms with E-state index in [-0.39, 0.29) is 11.6 Å². The van der Waals surface area contributed by atoms with Crippen LogP contribution in [-0.4, -0.2) is 32.3 Å². The van der Waals surface area contributed by atoms with Gasteiger partial charge >= 0.3 is 0 Å². The predicted molar refractivity (Wildman–Crippen MR) is 144 cm³/mol. The lowest BCUT2D eigenvalue weighted by atomic mass is 9.85. The molecule has 1 aliphatic carbocycles. The number of fused-ring (bicyclic) bond motifs is 1.